The largest absolute Gasteiger partial charge is 0.462 e. The van der Waals surface area contributed by atoms with E-state index >= 15 is 0 Å². The lowest BCUT2D eigenvalue weighted by atomic mass is 10.1. The molecule has 0 aliphatic rings. The maximum Gasteiger partial charge on any atom is 0.339 e. The molecule has 1 unspecified atom stereocenters. The summed E-state index contributed by atoms with van der Waals surface area (Å²) in [5.41, 5.74) is 0.557. The Morgan fingerprint density at radius 3 is 2.04 bits per heavy atom. The van der Waals surface area contributed by atoms with Gasteiger partial charge in [-0.15, -0.1) is 0 Å². The maximum absolute atomic E-state index is 12.3. The summed E-state index contributed by atoms with van der Waals surface area (Å²) in [5.74, 6) is -0.618. The molecule has 4 nitrogen and oxygen atoms in total. The molecule has 1 aromatic rings. The van der Waals surface area contributed by atoms with Gasteiger partial charge in [0.05, 0.1) is 24.3 Å². The Morgan fingerprint density at radius 2 is 1.44 bits per heavy atom. The van der Waals surface area contributed by atoms with Crippen LogP contribution in [0.25, 0.3) is 0 Å². The Bertz CT molecular complexity index is 524. The second-order valence-electron chi connectivity index (χ2n) is 6.56. The van der Waals surface area contributed by atoms with Gasteiger partial charge >= 0.3 is 11.9 Å². The fraction of sp³-hybridized carbons (Fsp3) is 0.619. The van der Waals surface area contributed by atoms with E-state index in [0.717, 1.165) is 19.3 Å². The van der Waals surface area contributed by atoms with Gasteiger partial charge in [0.15, 0.2) is 0 Å². The molecule has 0 spiro atoms. The highest BCUT2D eigenvalue weighted by molar-refractivity contribution is 6.03. The predicted octanol–water partition coefficient (Wildman–Crippen LogP) is 5.41. The van der Waals surface area contributed by atoms with E-state index in [-0.39, 0.29) is 11.1 Å². The van der Waals surface area contributed by atoms with Crippen LogP contribution in [0.1, 0.15) is 86.4 Å². The number of benzene rings is 1. The zero-order valence-corrected chi connectivity index (χ0v) is 15.9. The average molecular weight is 348 g/mol. The van der Waals surface area contributed by atoms with Crippen molar-refractivity contribution in [3.05, 3.63) is 35.4 Å². The Morgan fingerprint density at radius 1 is 0.880 bits per heavy atom. The molecular formula is C21H32O4. The lowest BCUT2D eigenvalue weighted by molar-refractivity contribution is 0.0419. The molecule has 25 heavy (non-hydrogen) atoms. The summed E-state index contributed by atoms with van der Waals surface area (Å²) >= 11 is 0. The zero-order valence-electron chi connectivity index (χ0n) is 15.9. The number of rotatable bonds is 12. The molecule has 0 N–H and O–H groups in total. The first-order chi connectivity index (χ1) is 12.1. The fourth-order valence-corrected chi connectivity index (χ4v) is 2.38. The van der Waals surface area contributed by atoms with Crippen LogP contribution < -0.4 is 0 Å². The molecule has 0 aliphatic heterocycles. The topological polar surface area (TPSA) is 52.6 Å². The van der Waals surface area contributed by atoms with E-state index in [1.807, 2.05) is 13.8 Å². The van der Waals surface area contributed by atoms with Gasteiger partial charge in [0.1, 0.15) is 0 Å². The van der Waals surface area contributed by atoms with Crippen molar-refractivity contribution in [2.75, 3.05) is 13.2 Å². The lowest BCUT2D eigenvalue weighted by Crippen LogP contribution is -2.16. The summed E-state index contributed by atoms with van der Waals surface area (Å²) < 4.78 is 10.6. The third-order valence-electron chi connectivity index (χ3n) is 4.29. The first-order valence-corrected chi connectivity index (χ1v) is 9.53. The van der Waals surface area contributed by atoms with Gasteiger partial charge in [-0.25, -0.2) is 9.59 Å². The number of ether oxygens (including phenoxy) is 2. The Labute approximate surface area is 151 Å². The summed E-state index contributed by atoms with van der Waals surface area (Å²) in [5, 5.41) is 0. The van der Waals surface area contributed by atoms with Crippen LogP contribution in [-0.2, 0) is 9.47 Å². The summed E-state index contributed by atoms with van der Waals surface area (Å²) in [6, 6.07) is 6.68. The predicted molar refractivity (Wildman–Crippen MR) is 99.8 cm³/mol. The van der Waals surface area contributed by atoms with Gasteiger partial charge in [-0.2, -0.15) is 0 Å². The first-order valence-electron chi connectivity index (χ1n) is 9.53. The molecule has 140 valence electrons. The van der Waals surface area contributed by atoms with Gasteiger partial charge < -0.3 is 9.47 Å². The van der Waals surface area contributed by atoms with Gasteiger partial charge in [0, 0.05) is 0 Å². The molecule has 0 fully saturated rings. The summed E-state index contributed by atoms with van der Waals surface area (Å²) in [7, 11) is 0. The highest BCUT2D eigenvalue weighted by atomic mass is 16.5. The van der Waals surface area contributed by atoms with Crippen molar-refractivity contribution in [2.45, 2.75) is 65.7 Å². The molecule has 1 rings (SSSR count). The molecule has 0 amide bonds. The SMILES string of the molecule is CCCCCCCCOC(=O)c1ccccc1C(=O)OCC(C)CC. The molecule has 0 saturated heterocycles. The summed E-state index contributed by atoms with van der Waals surface area (Å²) in [6.45, 7) is 7.00. The van der Waals surface area contributed by atoms with Crippen LogP contribution in [0.4, 0.5) is 0 Å². The number of hydrogen-bond acceptors (Lipinski definition) is 4. The normalized spacial score (nSPS) is 11.8. The van der Waals surface area contributed by atoms with Crippen molar-refractivity contribution in [1.82, 2.24) is 0 Å². The quantitative estimate of drug-likeness (QED) is 0.374. The van der Waals surface area contributed by atoms with Crippen molar-refractivity contribution in [3.63, 3.8) is 0 Å². The molecule has 4 heteroatoms. The average Bonchev–Trinajstić information content (AvgIpc) is 2.64. The van der Waals surface area contributed by atoms with Crippen molar-refractivity contribution < 1.29 is 19.1 Å². The molecule has 0 aliphatic carbocycles. The molecule has 0 heterocycles. The van der Waals surface area contributed by atoms with E-state index < -0.39 is 11.9 Å². The Balaban J connectivity index is 2.49. The van der Waals surface area contributed by atoms with Crippen LogP contribution in [0.15, 0.2) is 24.3 Å². The number of carbonyl (C=O) groups is 2. The third kappa shape index (κ3) is 8.19. The fourth-order valence-electron chi connectivity index (χ4n) is 2.38. The Hall–Kier alpha value is -1.84. The molecule has 0 aromatic heterocycles. The minimum Gasteiger partial charge on any atom is -0.462 e. The minimum atomic E-state index is -0.465. The number of unbranched alkanes of at least 4 members (excludes halogenated alkanes) is 5. The van der Waals surface area contributed by atoms with E-state index in [1.54, 1.807) is 24.3 Å². The zero-order chi connectivity index (χ0) is 18.5. The van der Waals surface area contributed by atoms with Crippen molar-refractivity contribution in [2.24, 2.45) is 5.92 Å². The van der Waals surface area contributed by atoms with E-state index in [2.05, 4.69) is 6.92 Å². The molecule has 1 aromatic carbocycles. The summed E-state index contributed by atoms with van der Waals surface area (Å²) in [4.78, 5) is 24.5. The maximum atomic E-state index is 12.3. The van der Waals surface area contributed by atoms with Crippen molar-refractivity contribution in [3.8, 4) is 0 Å². The summed E-state index contributed by atoms with van der Waals surface area (Å²) in [6.07, 6.45) is 7.74. The first kappa shape index (κ1) is 21.2. The second kappa shape index (κ2) is 12.5. The number of esters is 2. The van der Waals surface area contributed by atoms with Crippen LogP contribution in [0.5, 0.6) is 0 Å². The lowest BCUT2D eigenvalue weighted by Gasteiger charge is -2.12. The molecule has 0 saturated carbocycles. The standard InChI is InChI=1S/C21H32O4/c1-4-6-7-8-9-12-15-24-20(22)18-13-10-11-14-19(18)21(23)25-16-17(3)5-2/h10-11,13-14,17H,4-9,12,15-16H2,1-3H3. The minimum absolute atomic E-state index is 0.277. The van der Waals surface area contributed by atoms with E-state index in [9.17, 15) is 9.59 Å². The smallest absolute Gasteiger partial charge is 0.339 e. The number of carbonyl (C=O) groups excluding carboxylic acids is 2. The van der Waals surface area contributed by atoms with E-state index in [4.69, 9.17) is 9.47 Å². The number of hydrogen-bond donors (Lipinski definition) is 0. The van der Waals surface area contributed by atoms with Crippen molar-refractivity contribution >= 4 is 11.9 Å². The molecular weight excluding hydrogens is 316 g/mol. The van der Waals surface area contributed by atoms with Crippen LogP contribution >= 0.6 is 0 Å². The van der Waals surface area contributed by atoms with Crippen LogP contribution in [0.2, 0.25) is 0 Å². The van der Waals surface area contributed by atoms with Crippen LogP contribution in [-0.4, -0.2) is 25.2 Å². The van der Waals surface area contributed by atoms with Crippen LogP contribution in [0, 0.1) is 5.92 Å². The van der Waals surface area contributed by atoms with Gasteiger partial charge in [-0.1, -0.05) is 71.4 Å². The van der Waals surface area contributed by atoms with Gasteiger partial charge in [-0.05, 0) is 24.5 Å². The monoisotopic (exact) mass is 348 g/mol. The third-order valence-corrected chi connectivity index (χ3v) is 4.29. The van der Waals surface area contributed by atoms with E-state index in [0.29, 0.717) is 19.1 Å². The van der Waals surface area contributed by atoms with Gasteiger partial charge in [0.2, 0.25) is 0 Å². The highest BCUT2D eigenvalue weighted by Gasteiger charge is 2.19. The van der Waals surface area contributed by atoms with E-state index in [1.165, 1.54) is 25.7 Å². The highest BCUT2D eigenvalue weighted by Crippen LogP contribution is 2.14. The molecule has 0 bridgehead atoms. The second-order valence-corrected chi connectivity index (χ2v) is 6.56. The van der Waals surface area contributed by atoms with Gasteiger partial charge in [0.25, 0.3) is 0 Å². The molecule has 0 radical (unpaired) electrons. The van der Waals surface area contributed by atoms with Gasteiger partial charge in [-0.3, -0.25) is 0 Å². The Kier molecular flexibility index (Phi) is 10.6. The molecule has 1 atom stereocenters. The van der Waals surface area contributed by atoms with Crippen LogP contribution in [0.3, 0.4) is 0 Å². The van der Waals surface area contributed by atoms with Crippen molar-refractivity contribution in [1.29, 1.82) is 0 Å².